The fourth-order valence-corrected chi connectivity index (χ4v) is 7.97. The van der Waals surface area contributed by atoms with Gasteiger partial charge in [0, 0.05) is 38.3 Å². The number of halogens is 2. The molecule has 3 saturated heterocycles. The minimum Gasteiger partial charge on any atom is -0.458 e. The molecule has 0 radical (unpaired) electrons. The number of rotatable bonds is 8. The number of aliphatic hydroxyl groups is 1. The Kier molecular flexibility index (Phi) is 14.3. The van der Waals surface area contributed by atoms with Crippen molar-refractivity contribution in [1.82, 2.24) is 30.7 Å². The second-order valence-corrected chi connectivity index (χ2v) is 15.7. The van der Waals surface area contributed by atoms with Gasteiger partial charge in [0.05, 0.1) is 6.10 Å². The predicted octanol–water partition coefficient (Wildman–Crippen LogP) is 1.63. The first kappa shape index (κ1) is 44.5. The van der Waals surface area contributed by atoms with Gasteiger partial charge in [0.25, 0.3) is 0 Å². The Morgan fingerprint density at radius 2 is 1.59 bits per heavy atom. The maximum Gasteiger partial charge on any atom is 0.329 e. The highest BCUT2D eigenvalue weighted by Gasteiger charge is 2.47. The van der Waals surface area contributed by atoms with E-state index in [-0.39, 0.29) is 37.4 Å². The van der Waals surface area contributed by atoms with Gasteiger partial charge >= 0.3 is 12.0 Å². The summed E-state index contributed by atoms with van der Waals surface area (Å²) in [5, 5.41) is 21.0. The molecule has 3 aliphatic heterocycles. The van der Waals surface area contributed by atoms with E-state index in [1.54, 1.807) is 24.3 Å². The number of nitrogens with zero attached hydrogens (tertiary/aromatic N) is 3. The number of ether oxygens (including phenoxy) is 1. The van der Waals surface area contributed by atoms with Crippen molar-refractivity contribution < 1.29 is 52.2 Å². The molecule has 3 fully saturated rings. The van der Waals surface area contributed by atoms with Crippen LogP contribution in [0.3, 0.4) is 0 Å². The Bertz CT molecular complexity index is 1910. The lowest BCUT2D eigenvalue weighted by Crippen LogP contribution is -2.63. The molecule has 0 bridgehead atoms. The van der Waals surface area contributed by atoms with Crippen molar-refractivity contribution in [2.24, 2.45) is 5.92 Å². The fourth-order valence-electron chi connectivity index (χ4n) is 7.97. The van der Waals surface area contributed by atoms with Crippen LogP contribution in [0, 0.1) is 17.6 Å². The Morgan fingerprint density at radius 1 is 0.932 bits per heavy atom. The quantitative estimate of drug-likeness (QED) is 0.245. The minimum atomic E-state index is -1.69. The first-order valence-corrected chi connectivity index (χ1v) is 19.9. The standard InChI is InChI=1S/C41H53F2N7O9/c1-7-25-10-12-29(13-11-25)45-41(58)46-30(18-26-16-27(42)19-28(43)17-26)35(52)47-33-24(5)59-40(57)32-15-21(2)20-50(32)37(54)22(3)44-36(53)34(23(4)51)48(6)38(55)31-9-8-14-49(31)39(33)56/h10-13,16-17,19,21-24,30-34,51H,7-9,14-15,18,20H2,1-6H3,(H,44,53)(H,47,52)(H2,45,46,58)/t21-,22+,23+,24+,30+,31+,32+,33+,34?/m1/s1. The van der Waals surface area contributed by atoms with Gasteiger partial charge in [-0.1, -0.05) is 26.0 Å². The van der Waals surface area contributed by atoms with E-state index >= 15 is 0 Å². The van der Waals surface area contributed by atoms with Gasteiger partial charge in [-0.3, -0.25) is 24.0 Å². The molecule has 16 nitrogen and oxygen atoms in total. The number of anilines is 1. The number of amides is 7. The maximum atomic E-state index is 14.6. The second kappa shape index (κ2) is 18.9. The number of carbonyl (C=O) groups excluding carboxylic acids is 7. The largest absolute Gasteiger partial charge is 0.458 e. The number of aliphatic hydroxyl groups excluding tert-OH is 1. The van der Waals surface area contributed by atoms with E-state index in [0.717, 1.165) is 29.0 Å². The average Bonchev–Trinajstić information content (AvgIpc) is 3.82. The van der Waals surface area contributed by atoms with Crippen LogP contribution >= 0.6 is 0 Å². The molecule has 2 aromatic rings. The van der Waals surface area contributed by atoms with Crippen molar-refractivity contribution in [1.29, 1.82) is 0 Å². The van der Waals surface area contributed by atoms with Gasteiger partial charge in [0.15, 0.2) is 0 Å². The normalized spacial score (nSPS) is 26.7. The van der Waals surface area contributed by atoms with E-state index in [2.05, 4.69) is 21.3 Å². The van der Waals surface area contributed by atoms with Crippen molar-refractivity contribution in [3.05, 3.63) is 65.2 Å². The molecule has 0 aliphatic carbocycles. The smallest absolute Gasteiger partial charge is 0.329 e. The van der Waals surface area contributed by atoms with Crippen molar-refractivity contribution in [2.45, 2.75) is 115 Å². The van der Waals surface area contributed by atoms with Crippen LogP contribution in [-0.4, -0.2) is 130 Å². The number of hydrogen-bond donors (Lipinski definition) is 5. The molecule has 2 aromatic carbocycles. The average molecular weight is 826 g/mol. The topological polar surface area (TPSA) is 207 Å². The van der Waals surface area contributed by atoms with Gasteiger partial charge in [-0.15, -0.1) is 0 Å². The van der Waals surface area contributed by atoms with Crippen LogP contribution in [0.5, 0.6) is 0 Å². The lowest BCUT2D eigenvalue weighted by Gasteiger charge is -2.37. The number of aryl methyl sites for hydroxylation is 1. The number of fused-ring (bicyclic) bond motifs is 2. The van der Waals surface area contributed by atoms with Gasteiger partial charge in [0.1, 0.15) is 54.0 Å². The highest BCUT2D eigenvalue weighted by atomic mass is 19.1. The summed E-state index contributed by atoms with van der Waals surface area (Å²) in [7, 11) is 1.30. The van der Waals surface area contributed by atoms with Crippen molar-refractivity contribution >= 4 is 47.2 Å². The summed E-state index contributed by atoms with van der Waals surface area (Å²) in [6.07, 6.45) is -1.83. The van der Waals surface area contributed by atoms with E-state index in [4.69, 9.17) is 4.74 Å². The molecule has 0 spiro atoms. The monoisotopic (exact) mass is 825 g/mol. The number of benzene rings is 2. The number of nitrogens with one attached hydrogen (secondary N) is 4. The molecule has 7 amide bonds. The third-order valence-corrected chi connectivity index (χ3v) is 11.0. The number of likely N-dealkylation sites (N-methyl/N-ethyl adjacent to an activating group) is 1. The Labute approximate surface area is 341 Å². The molecule has 18 heteroatoms. The highest BCUT2D eigenvalue weighted by Crippen LogP contribution is 2.27. The number of urea groups is 1. The number of hydrogen-bond acceptors (Lipinski definition) is 9. The zero-order valence-corrected chi connectivity index (χ0v) is 34.0. The van der Waals surface area contributed by atoms with Crippen LogP contribution in [0.25, 0.3) is 0 Å². The third-order valence-electron chi connectivity index (χ3n) is 11.0. The van der Waals surface area contributed by atoms with Crippen molar-refractivity contribution in [2.75, 3.05) is 25.5 Å². The van der Waals surface area contributed by atoms with Crippen LogP contribution in [0.2, 0.25) is 0 Å². The summed E-state index contributed by atoms with van der Waals surface area (Å²) >= 11 is 0. The number of carbonyl (C=O) groups is 7. The fraction of sp³-hybridized carbons (Fsp3) is 0.537. The summed E-state index contributed by atoms with van der Waals surface area (Å²) in [5.74, 6) is -6.90. The van der Waals surface area contributed by atoms with Gasteiger partial charge in [-0.05, 0) is 87.8 Å². The molecule has 5 rings (SSSR count). The second-order valence-electron chi connectivity index (χ2n) is 15.7. The minimum absolute atomic E-state index is 0.00155. The molecule has 0 saturated carbocycles. The van der Waals surface area contributed by atoms with Gasteiger partial charge in [0.2, 0.25) is 29.5 Å². The molecule has 1 unspecified atom stereocenters. The van der Waals surface area contributed by atoms with Crippen LogP contribution in [0.4, 0.5) is 19.3 Å². The summed E-state index contributed by atoms with van der Waals surface area (Å²) in [6, 6.07) is 0.519. The maximum absolute atomic E-state index is 14.6. The first-order valence-electron chi connectivity index (χ1n) is 19.9. The molecule has 3 heterocycles. The lowest BCUT2D eigenvalue weighted by atomic mass is 10.0. The van der Waals surface area contributed by atoms with Gasteiger partial charge < -0.3 is 45.8 Å². The molecule has 9 atom stereocenters. The SMILES string of the molecule is CCc1ccc(NC(=O)N[C@@H](Cc2cc(F)cc(F)c2)C(=O)N[C@@H]2C(=O)N3CCC[C@H]3C(=O)N(C)C([C@H](C)O)C(=O)N[C@@H](C)C(=O)N3C[C@H](C)C[C@H]3C(=O)O[C@H]2C)cc1. The lowest BCUT2D eigenvalue weighted by molar-refractivity contribution is -0.163. The van der Waals surface area contributed by atoms with E-state index in [9.17, 15) is 47.4 Å². The van der Waals surface area contributed by atoms with E-state index < -0.39 is 108 Å². The van der Waals surface area contributed by atoms with Crippen LogP contribution in [0.1, 0.15) is 65.0 Å². The summed E-state index contributed by atoms with van der Waals surface area (Å²) < 4.78 is 34.5. The van der Waals surface area contributed by atoms with Crippen molar-refractivity contribution in [3.8, 4) is 0 Å². The summed E-state index contributed by atoms with van der Waals surface area (Å²) in [5.41, 5.74) is 1.39. The third kappa shape index (κ3) is 10.5. The molecule has 5 N–H and O–H groups in total. The molecule has 59 heavy (non-hydrogen) atoms. The van der Waals surface area contributed by atoms with Gasteiger partial charge in [-0.25, -0.2) is 18.4 Å². The predicted molar refractivity (Wildman–Crippen MR) is 209 cm³/mol. The summed E-state index contributed by atoms with van der Waals surface area (Å²) in [6.45, 7) is 8.04. The molecular weight excluding hydrogens is 772 g/mol. The number of cyclic esters (lactones) is 1. The molecule has 3 aliphatic rings. The highest BCUT2D eigenvalue weighted by molar-refractivity contribution is 5.98. The van der Waals surface area contributed by atoms with E-state index in [1.165, 1.54) is 37.6 Å². The Balaban J connectivity index is 1.51. The molecule has 0 aromatic heterocycles. The Morgan fingerprint density at radius 3 is 2.22 bits per heavy atom. The van der Waals surface area contributed by atoms with E-state index in [0.29, 0.717) is 18.2 Å². The van der Waals surface area contributed by atoms with Crippen molar-refractivity contribution in [3.63, 3.8) is 0 Å². The van der Waals surface area contributed by atoms with Crippen LogP contribution < -0.4 is 21.3 Å². The van der Waals surface area contributed by atoms with Crippen LogP contribution in [0.15, 0.2) is 42.5 Å². The number of esters is 1. The molecular formula is C41H53F2N7O9. The zero-order chi connectivity index (χ0) is 43.3. The zero-order valence-electron chi connectivity index (χ0n) is 34.0. The Hall–Kier alpha value is -5.65. The molecule has 320 valence electrons. The van der Waals surface area contributed by atoms with Crippen LogP contribution in [-0.2, 0) is 46.3 Å². The summed E-state index contributed by atoms with van der Waals surface area (Å²) in [4.78, 5) is 101. The van der Waals surface area contributed by atoms with E-state index in [1.807, 2.05) is 13.8 Å². The first-order chi connectivity index (χ1) is 27.9. The van der Waals surface area contributed by atoms with Gasteiger partial charge in [-0.2, -0.15) is 0 Å².